The average molecular weight is 231 g/mol. The minimum absolute atomic E-state index is 0.276. The van der Waals surface area contributed by atoms with E-state index in [1.54, 1.807) is 0 Å². The Hall–Kier alpha value is -0.580. The molecule has 1 atom stereocenters. The van der Waals surface area contributed by atoms with Gasteiger partial charge in [-0.25, -0.2) is 0 Å². The SMILES string of the molecule is Cc1cc(CC(CCCCl)NN)n(C)n1. The highest BCUT2D eigenvalue weighted by molar-refractivity contribution is 6.17. The summed E-state index contributed by atoms with van der Waals surface area (Å²) in [5, 5.41) is 4.30. The quantitative estimate of drug-likeness (QED) is 0.438. The molecule has 15 heavy (non-hydrogen) atoms. The molecule has 1 heterocycles. The molecule has 1 aromatic heterocycles. The van der Waals surface area contributed by atoms with Crippen LogP contribution in [0.15, 0.2) is 6.07 Å². The van der Waals surface area contributed by atoms with Crippen molar-refractivity contribution in [3.8, 4) is 0 Å². The van der Waals surface area contributed by atoms with Crippen molar-refractivity contribution in [3.63, 3.8) is 0 Å². The second-order valence-electron chi connectivity index (χ2n) is 3.80. The van der Waals surface area contributed by atoms with Crippen molar-refractivity contribution in [2.45, 2.75) is 32.2 Å². The largest absolute Gasteiger partial charge is 0.272 e. The lowest BCUT2D eigenvalue weighted by atomic mass is 10.1. The molecular weight excluding hydrogens is 212 g/mol. The first kappa shape index (κ1) is 12.5. The van der Waals surface area contributed by atoms with Crippen molar-refractivity contribution >= 4 is 11.6 Å². The van der Waals surface area contributed by atoms with Crippen molar-refractivity contribution in [2.75, 3.05) is 5.88 Å². The fraction of sp³-hybridized carbons (Fsp3) is 0.700. The Morgan fingerprint density at radius 3 is 2.87 bits per heavy atom. The van der Waals surface area contributed by atoms with Crippen molar-refractivity contribution in [1.82, 2.24) is 15.2 Å². The third kappa shape index (κ3) is 3.81. The maximum atomic E-state index is 5.65. The summed E-state index contributed by atoms with van der Waals surface area (Å²) >= 11 is 5.65. The molecule has 0 bridgehead atoms. The summed E-state index contributed by atoms with van der Waals surface area (Å²) in [6.45, 7) is 1.99. The number of hydrogen-bond donors (Lipinski definition) is 2. The molecule has 0 aliphatic heterocycles. The van der Waals surface area contributed by atoms with Crippen LogP contribution in [0.4, 0.5) is 0 Å². The number of aryl methyl sites for hydroxylation is 2. The Labute approximate surface area is 95.8 Å². The zero-order chi connectivity index (χ0) is 11.3. The first-order valence-corrected chi connectivity index (χ1v) is 5.72. The zero-order valence-corrected chi connectivity index (χ0v) is 10.1. The van der Waals surface area contributed by atoms with Gasteiger partial charge in [0, 0.05) is 31.1 Å². The van der Waals surface area contributed by atoms with Crippen LogP contribution in [0.3, 0.4) is 0 Å². The van der Waals surface area contributed by atoms with Crippen LogP contribution in [0.25, 0.3) is 0 Å². The maximum absolute atomic E-state index is 5.65. The Morgan fingerprint density at radius 1 is 1.67 bits per heavy atom. The number of alkyl halides is 1. The molecule has 1 aromatic rings. The number of hydrogen-bond acceptors (Lipinski definition) is 3. The maximum Gasteiger partial charge on any atom is 0.0596 e. The standard InChI is InChI=1S/C10H19ClN4/c1-8-6-10(15(2)14-8)7-9(13-12)4-3-5-11/h6,9,13H,3-5,7,12H2,1-2H3. The van der Waals surface area contributed by atoms with E-state index in [0.717, 1.165) is 25.0 Å². The molecule has 0 aliphatic carbocycles. The van der Waals surface area contributed by atoms with Crippen LogP contribution in [0.5, 0.6) is 0 Å². The van der Waals surface area contributed by atoms with E-state index in [4.69, 9.17) is 17.4 Å². The smallest absolute Gasteiger partial charge is 0.0596 e. The average Bonchev–Trinajstić information content (AvgIpc) is 2.52. The van der Waals surface area contributed by atoms with E-state index in [1.807, 2.05) is 18.7 Å². The van der Waals surface area contributed by atoms with E-state index in [2.05, 4.69) is 16.6 Å². The van der Waals surface area contributed by atoms with Crippen molar-refractivity contribution in [3.05, 3.63) is 17.5 Å². The van der Waals surface area contributed by atoms with Gasteiger partial charge in [0.25, 0.3) is 0 Å². The normalized spacial score (nSPS) is 13.1. The van der Waals surface area contributed by atoms with E-state index >= 15 is 0 Å². The molecule has 0 amide bonds. The van der Waals surface area contributed by atoms with Crippen LogP contribution in [0.1, 0.15) is 24.2 Å². The number of hydrazine groups is 1. The summed E-state index contributed by atoms with van der Waals surface area (Å²) in [5.74, 6) is 6.18. The lowest BCUT2D eigenvalue weighted by Crippen LogP contribution is -2.37. The summed E-state index contributed by atoms with van der Waals surface area (Å²) < 4.78 is 1.90. The van der Waals surface area contributed by atoms with Crippen molar-refractivity contribution in [1.29, 1.82) is 0 Å². The van der Waals surface area contributed by atoms with Crippen LogP contribution < -0.4 is 11.3 Å². The van der Waals surface area contributed by atoms with Gasteiger partial charge in [0.05, 0.1) is 5.69 Å². The predicted molar refractivity (Wildman–Crippen MR) is 62.7 cm³/mol. The van der Waals surface area contributed by atoms with Gasteiger partial charge in [0.2, 0.25) is 0 Å². The summed E-state index contributed by atoms with van der Waals surface area (Å²) in [6, 6.07) is 2.36. The second-order valence-corrected chi connectivity index (χ2v) is 4.18. The summed E-state index contributed by atoms with van der Waals surface area (Å²) in [5.41, 5.74) is 5.06. The van der Waals surface area contributed by atoms with Gasteiger partial charge in [-0.15, -0.1) is 11.6 Å². The molecule has 1 rings (SSSR count). The number of aromatic nitrogens is 2. The molecule has 0 aromatic carbocycles. The lowest BCUT2D eigenvalue weighted by Gasteiger charge is -2.14. The molecule has 0 fully saturated rings. The first-order chi connectivity index (χ1) is 7.17. The third-order valence-electron chi connectivity index (χ3n) is 2.48. The molecular formula is C10H19ClN4. The molecule has 3 N–H and O–H groups in total. The fourth-order valence-corrected chi connectivity index (χ4v) is 1.83. The van der Waals surface area contributed by atoms with Gasteiger partial charge >= 0.3 is 0 Å². The van der Waals surface area contributed by atoms with E-state index in [1.165, 1.54) is 5.69 Å². The van der Waals surface area contributed by atoms with Gasteiger partial charge < -0.3 is 0 Å². The lowest BCUT2D eigenvalue weighted by molar-refractivity contribution is 0.474. The monoisotopic (exact) mass is 230 g/mol. The number of nitrogens with two attached hydrogens (primary N) is 1. The number of rotatable bonds is 6. The first-order valence-electron chi connectivity index (χ1n) is 5.19. The Kier molecular flexibility index (Phi) is 5.08. The zero-order valence-electron chi connectivity index (χ0n) is 9.33. The molecule has 0 saturated carbocycles. The summed E-state index contributed by atoms with van der Waals surface area (Å²) in [6.07, 6.45) is 2.86. The van der Waals surface area contributed by atoms with E-state index in [9.17, 15) is 0 Å². The Balaban J connectivity index is 2.54. The number of halogens is 1. The van der Waals surface area contributed by atoms with E-state index < -0.39 is 0 Å². The van der Waals surface area contributed by atoms with E-state index in [0.29, 0.717) is 5.88 Å². The summed E-state index contributed by atoms with van der Waals surface area (Å²) in [4.78, 5) is 0. The molecule has 5 heteroatoms. The highest BCUT2D eigenvalue weighted by Crippen LogP contribution is 2.08. The molecule has 0 saturated heterocycles. The highest BCUT2D eigenvalue weighted by Gasteiger charge is 2.10. The molecule has 4 nitrogen and oxygen atoms in total. The predicted octanol–water partition coefficient (Wildman–Crippen LogP) is 1.12. The highest BCUT2D eigenvalue weighted by atomic mass is 35.5. The van der Waals surface area contributed by atoms with Gasteiger partial charge in [-0.3, -0.25) is 16.0 Å². The van der Waals surface area contributed by atoms with Crippen molar-refractivity contribution in [2.24, 2.45) is 12.9 Å². The van der Waals surface area contributed by atoms with Crippen molar-refractivity contribution < 1.29 is 0 Å². The minimum atomic E-state index is 0.276. The molecule has 0 radical (unpaired) electrons. The minimum Gasteiger partial charge on any atom is -0.272 e. The van der Waals surface area contributed by atoms with Gasteiger partial charge in [-0.2, -0.15) is 5.10 Å². The van der Waals surface area contributed by atoms with Crippen LogP contribution in [0.2, 0.25) is 0 Å². The third-order valence-corrected chi connectivity index (χ3v) is 2.74. The van der Waals surface area contributed by atoms with Gasteiger partial charge in [0.1, 0.15) is 0 Å². The Bertz CT molecular complexity index is 298. The molecule has 86 valence electrons. The second kappa shape index (κ2) is 6.10. The van der Waals surface area contributed by atoms with Crippen LogP contribution in [-0.2, 0) is 13.5 Å². The Morgan fingerprint density at radius 2 is 2.40 bits per heavy atom. The molecule has 0 spiro atoms. The molecule has 1 unspecified atom stereocenters. The molecule has 0 aliphatic rings. The van der Waals surface area contributed by atoms with Gasteiger partial charge in [0.15, 0.2) is 0 Å². The van der Waals surface area contributed by atoms with Crippen LogP contribution in [-0.4, -0.2) is 21.7 Å². The van der Waals surface area contributed by atoms with Crippen LogP contribution in [0, 0.1) is 6.92 Å². The number of nitrogens with zero attached hydrogens (tertiary/aromatic N) is 2. The van der Waals surface area contributed by atoms with Gasteiger partial charge in [-0.05, 0) is 25.8 Å². The fourth-order valence-electron chi connectivity index (χ4n) is 1.68. The van der Waals surface area contributed by atoms with E-state index in [-0.39, 0.29) is 6.04 Å². The summed E-state index contributed by atoms with van der Waals surface area (Å²) in [7, 11) is 1.96. The number of nitrogens with one attached hydrogen (secondary N) is 1. The topological polar surface area (TPSA) is 55.9 Å². The van der Waals surface area contributed by atoms with Crippen LogP contribution >= 0.6 is 11.6 Å². The van der Waals surface area contributed by atoms with Gasteiger partial charge in [-0.1, -0.05) is 0 Å².